The molecule has 0 radical (unpaired) electrons. The monoisotopic (exact) mass is 281 g/mol. The highest BCUT2D eigenvalue weighted by Gasteiger charge is 2.06. The maximum atomic E-state index is 12.0. The Kier molecular flexibility index (Phi) is 8.01. The number of nitriles is 1. The van der Waals surface area contributed by atoms with E-state index in [-0.39, 0.29) is 5.97 Å². The van der Waals surface area contributed by atoms with Crippen molar-refractivity contribution in [2.45, 2.75) is 19.8 Å². The number of hydrogen-bond acceptors (Lipinski definition) is 3. The molecule has 0 aromatic heterocycles. The van der Waals surface area contributed by atoms with Crippen LogP contribution in [0.4, 0.5) is 0 Å². The quantitative estimate of drug-likeness (QED) is 0.249. The van der Waals surface area contributed by atoms with Gasteiger partial charge in [-0.2, -0.15) is 5.26 Å². The van der Waals surface area contributed by atoms with Crippen LogP contribution in [0.15, 0.2) is 60.2 Å². The molecule has 3 heteroatoms. The highest BCUT2D eigenvalue weighted by atomic mass is 16.5. The summed E-state index contributed by atoms with van der Waals surface area (Å²) in [4.78, 5) is 12.0. The highest BCUT2D eigenvalue weighted by Crippen LogP contribution is 2.08. The van der Waals surface area contributed by atoms with Crippen molar-refractivity contribution in [2.75, 3.05) is 6.61 Å². The molecule has 0 fully saturated rings. The Morgan fingerprint density at radius 1 is 1.33 bits per heavy atom. The first-order valence-corrected chi connectivity index (χ1v) is 6.94. The van der Waals surface area contributed by atoms with Crippen molar-refractivity contribution in [3.8, 4) is 6.07 Å². The summed E-state index contributed by atoms with van der Waals surface area (Å²) >= 11 is 0. The van der Waals surface area contributed by atoms with Gasteiger partial charge in [0.2, 0.25) is 0 Å². The molecule has 0 aliphatic heterocycles. The number of rotatable bonds is 7. The Labute approximate surface area is 125 Å². The molecule has 0 aliphatic carbocycles. The van der Waals surface area contributed by atoms with Crippen LogP contribution in [0, 0.1) is 11.3 Å². The molecule has 0 heterocycles. The van der Waals surface area contributed by atoms with Crippen molar-refractivity contribution in [1.82, 2.24) is 0 Å². The summed E-state index contributed by atoms with van der Waals surface area (Å²) in [6.45, 7) is 2.45. The SMILES string of the molecule is CCCCOC(=O)C(C=Cc1ccccc1)=CC=CC#N. The Morgan fingerprint density at radius 3 is 2.76 bits per heavy atom. The molecule has 1 aromatic carbocycles. The van der Waals surface area contributed by atoms with Crippen molar-refractivity contribution < 1.29 is 9.53 Å². The fourth-order valence-corrected chi connectivity index (χ4v) is 1.53. The van der Waals surface area contributed by atoms with Gasteiger partial charge in [0.1, 0.15) is 0 Å². The number of ether oxygens (including phenoxy) is 1. The standard InChI is InChI=1S/C18H19NO2/c1-2-3-15-21-18(20)17(11-7-8-14-19)13-12-16-9-5-4-6-10-16/h4-13H,2-3,15H2,1H3. The molecule has 1 aromatic rings. The van der Waals surface area contributed by atoms with E-state index in [0.717, 1.165) is 18.4 Å². The zero-order chi connectivity index (χ0) is 15.3. The molecule has 0 atom stereocenters. The molecule has 0 amide bonds. The number of allylic oxidation sites excluding steroid dienone is 3. The third-order valence-corrected chi connectivity index (χ3v) is 2.67. The van der Waals surface area contributed by atoms with E-state index in [1.54, 1.807) is 12.2 Å². The zero-order valence-electron chi connectivity index (χ0n) is 12.2. The molecule has 0 N–H and O–H groups in total. The van der Waals surface area contributed by atoms with E-state index in [4.69, 9.17) is 10.00 Å². The van der Waals surface area contributed by atoms with Gasteiger partial charge in [-0.3, -0.25) is 0 Å². The molecular weight excluding hydrogens is 262 g/mol. The van der Waals surface area contributed by atoms with E-state index in [9.17, 15) is 4.79 Å². The van der Waals surface area contributed by atoms with Gasteiger partial charge in [0.15, 0.2) is 0 Å². The first-order valence-electron chi connectivity index (χ1n) is 6.94. The van der Waals surface area contributed by atoms with Gasteiger partial charge in [-0.25, -0.2) is 4.79 Å². The number of benzene rings is 1. The normalized spacial score (nSPS) is 11.7. The predicted molar refractivity (Wildman–Crippen MR) is 84.2 cm³/mol. The lowest BCUT2D eigenvalue weighted by molar-refractivity contribution is -0.138. The molecule has 0 unspecified atom stereocenters. The second kappa shape index (κ2) is 10.2. The Bertz CT molecular complexity index is 563. The summed E-state index contributed by atoms with van der Waals surface area (Å²) in [6, 6.07) is 11.6. The summed E-state index contributed by atoms with van der Waals surface area (Å²) < 4.78 is 5.19. The average Bonchev–Trinajstić information content (AvgIpc) is 2.52. The van der Waals surface area contributed by atoms with Crippen molar-refractivity contribution >= 4 is 12.0 Å². The van der Waals surface area contributed by atoms with E-state index in [2.05, 4.69) is 0 Å². The van der Waals surface area contributed by atoms with E-state index >= 15 is 0 Å². The van der Waals surface area contributed by atoms with Gasteiger partial charge < -0.3 is 4.74 Å². The van der Waals surface area contributed by atoms with E-state index in [1.165, 1.54) is 12.2 Å². The van der Waals surface area contributed by atoms with Gasteiger partial charge in [0.25, 0.3) is 0 Å². The summed E-state index contributed by atoms with van der Waals surface area (Å²) in [5, 5.41) is 8.50. The smallest absolute Gasteiger partial charge is 0.338 e. The summed E-state index contributed by atoms with van der Waals surface area (Å²) in [5.74, 6) is -0.377. The molecule has 21 heavy (non-hydrogen) atoms. The number of hydrogen-bond donors (Lipinski definition) is 0. The van der Waals surface area contributed by atoms with E-state index in [0.29, 0.717) is 12.2 Å². The Hall–Kier alpha value is -2.60. The van der Waals surface area contributed by atoms with Gasteiger partial charge in [0, 0.05) is 6.08 Å². The molecule has 3 nitrogen and oxygen atoms in total. The van der Waals surface area contributed by atoms with Crippen LogP contribution in [0.1, 0.15) is 25.3 Å². The molecule has 0 bridgehead atoms. The third-order valence-electron chi connectivity index (χ3n) is 2.67. The first-order chi connectivity index (χ1) is 10.3. The van der Waals surface area contributed by atoms with Crippen LogP contribution in [0.2, 0.25) is 0 Å². The van der Waals surface area contributed by atoms with Crippen molar-refractivity contribution in [3.05, 3.63) is 65.8 Å². The lowest BCUT2D eigenvalue weighted by Gasteiger charge is -2.04. The van der Waals surface area contributed by atoms with Gasteiger partial charge in [-0.1, -0.05) is 55.8 Å². The number of esters is 1. The van der Waals surface area contributed by atoms with Crippen LogP contribution in [-0.2, 0) is 9.53 Å². The Morgan fingerprint density at radius 2 is 2.10 bits per heavy atom. The van der Waals surface area contributed by atoms with Crippen LogP contribution in [0.3, 0.4) is 0 Å². The maximum Gasteiger partial charge on any atom is 0.338 e. The van der Waals surface area contributed by atoms with Gasteiger partial charge in [-0.05, 0) is 24.1 Å². The van der Waals surface area contributed by atoms with Crippen molar-refractivity contribution in [1.29, 1.82) is 5.26 Å². The first kappa shape index (κ1) is 16.5. The van der Waals surface area contributed by atoms with Crippen LogP contribution < -0.4 is 0 Å². The number of nitrogens with zero attached hydrogens (tertiary/aromatic N) is 1. The number of carbonyl (C=O) groups is 1. The maximum absolute atomic E-state index is 12.0. The fraction of sp³-hybridized carbons (Fsp3) is 0.222. The van der Waals surface area contributed by atoms with Crippen LogP contribution in [-0.4, -0.2) is 12.6 Å². The van der Waals surface area contributed by atoms with Gasteiger partial charge >= 0.3 is 5.97 Å². The fourth-order valence-electron chi connectivity index (χ4n) is 1.53. The minimum atomic E-state index is -0.377. The summed E-state index contributed by atoms with van der Waals surface area (Å²) in [5.41, 5.74) is 1.41. The molecule has 108 valence electrons. The molecule has 0 saturated heterocycles. The summed E-state index contributed by atoms with van der Waals surface area (Å²) in [6.07, 6.45) is 9.78. The van der Waals surface area contributed by atoms with Gasteiger partial charge in [0.05, 0.1) is 18.2 Å². The largest absolute Gasteiger partial charge is 0.462 e. The Balaban J connectivity index is 2.80. The average molecular weight is 281 g/mol. The molecule has 1 rings (SSSR count). The van der Waals surface area contributed by atoms with Gasteiger partial charge in [-0.15, -0.1) is 0 Å². The lowest BCUT2D eigenvalue weighted by Crippen LogP contribution is -2.07. The topological polar surface area (TPSA) is 50.1 Å². The predicted octanol–water partition coefficient (Wildman–Crippen LogP) is 4.05. The van der Waals surface area contributed by atoms with E-state index < -0.39 is 0 Å². The van der Waals surface area contributed by atoms with Crippen molar-refractivity contribution in [2.24, 2.45) is 0 Å². The second-order valence-electron chi connectivity index (χ2n) is 4.34. The highest BCUT2D eigenvalue weighted by molar-refractivity contribution is 5.93. The molecular formula is C18H19NO2. The van der Waals surface area contributed by atoms with Crippen LogP contribution in [0.25, 0.3) is 6.08 Å². The van der Waals surface area contributed by atoms with E-state index in [1.807, 2.05) is 49.4 Å². The minimum Gasteiger partial charge on any atom is -0.462 e. The van der Waals surface area contributed by atoms with Crippen molar-refractivity contribution in [3.63, 3.8) is 0 Å². The van der Waals surface area contributed by atoms with Crippen LogP contribution >= 0.6 is 0 Å². The molecule has 0 spiro atoms. The number of carbonyl (C=O) groups excluding carboxylic acids is 1. The molecule has 0 saturated carbocycles. The second-order valence-corrected chi connectivity index (χ2v) is 4.34. The number of unbranched alkanes of at least 4 members (excludes halogenated alkanes) is 1. The van der Waals surface area contributed by atoms with Crippen LogP contribution in [0.5, 0.6) is 0 Å². The minimum absolute atomic E-state index is 0.377. The summed E-state index contributed by atoms with van der Waals surface area (Å²) in [7, 11) is 0. The zero-order valence-corrected chi connectivity index (χ0v) is 12.2. The third kappa shape index (κ3) is 6.93. The molecule has 0 aliphatic rings. The lowest BCUT2D eigenvalue weighted by atomic mass is 10.1.